The number of aryl methyl sites for hydroxylation is 1. The van der Waals surface area contributed by atoms with Crippen molar-refractivity contribution in [2.24, 2.45) is 4.99 Å². The Bertz CT molecular complexity index is 1680. The van der Waals surface area contributed by atoms with Crippen LogP contribution in [0.2, 0.25) is 0 Å². The van der Waals surface area contributed by atoms with Crippen LogP contribution in [0.1, 0.15) is 40.6 Å². The maximum atomic E-state index is 12.8. The zero-order valence-electron chi connectivity index (χ0n) is 22.7. The third-order valence-corrected chi connectivity index (χ3v) is 9.85. The molecular weight excluding hydrogens is 594 g/mol. The number of aromatic nitrogens is 1. The third-order valence-electron chi connectivity index (χ3n) is 6.21. The van der Waals surface area contributed by atoms with E-state index >= 15 is 0 Å². The molecule has 0 fully saturated rings. The number of esters is 2. The molecule has 0 radical (unpaired) electrons. The van der Waals surface area contributed by atoms with Crippen LogP contribution < -0.4 is 14.9 Å². The molecule has 0 spiro atoms. The molecule has 0 aliphatic heterocycles. The van der Waals surface area contributed by atoms with Crippen molar-refractivity contribution in [1.29, 1.82) is 0 Å². The van der Waals surface area contributed by atoms with Gasteiger partial charge in [0.15, 0.2) is 14.6 Å². The Hall–Kier alpha value is -3.56. The van der Waals surface area contributed by atoms with Gasteiger partial charge in [0, 0.05) is 4.88 Å². The molecule has 1 N–H and O–H groups in total. The SMILES string of the molecule is CCOC(=O)Cn1c(=NC(=O)CS(=O)(=O)CC(=O)Nc2sc3c(c2C(=O)OC)CCCC3)sc2cc(OC)ccc21. The standard InChI is InChI=1S/C26H29N3O9S3/c1-4-38-22(32)12-29-17-10-9-15(36-2)11-19(17)40-26(29)28-21(31)14-41(34,35)13-20(30)27-24-23(25(33)37-3)16-7-5-6-8-18(16)39-24/h9-11H,4-8,12-14H2,1-3H3,(H,27,30). The number of nitrogens with one attached hydrogen (secondary N) is 1. The van der Waals surface area contributed by atoms with Gasteiger partial charge >= 0.3 is 11.9 Å². The minimum atomic E-state index is -4.23. The fraction of sp³-hybridized carbons (Fsp3) is 0.423. The normalized spacial score (nSPS) is 13.5. The third kappa shape index (κ3) is 7.21. The second-order valence-corrected chi connectivity index (χ2v) is 13.3. The zero-order chi connectivity index (χ0) is 29.7. The van der Waals surface area contributed by atoms with Crippen LogP contribution in [-0.4, -0.2) is 69.1 Å². The van der Waals surface area contributed by atoms with Crippen LogP contribution in [0.5, 0.6) is 5.75 Å². The number of thiophene rings is 1. The molecule has 0 saturated heterocycles. The van der Waals surface area contributed by atoms with Crippen LogP contribution in [0.3, 0.4) is 0 Å². The van der Waals surface area contributed by atoms with Gasteiger partial charge in [-0.15, -0.1) is 11.3 Å². The summed E-state index contributed by atoms with van der Waals surface area (Å²) in [4.78, 5) is 55.1. The number of sulfone groups is 1. The molecule has 0 bridgehead atoms. The first-order valence-corrected chi connectivity index (χ1v) is 16.1. The Labute approximate surface area is 243 Å². The van der Waals surface area contributed by atoms with E-state index in [0.717, 1.165) is 41.0 Å². The summed E-state index contributed by atoms with van der Waals surface area (Å²) in [6.07, 6.45) is 3.28. The molecule has 0 atom stereocenters. The van der Waals surface area contributed by atoms with E-state index in [1.54, 1.807) is 25.1 Å². The molecule has 0 saturated carbocycles. The number of rotatable bonds is 10. The van der Waals surface area contributed by atoms with E-state index in [-0.39, 0.29) is 28.5 Å². The van der Waals surface area contributed by atoms with Gasteiger partial charge in [0.1, 0.15) is 28.8 Å². The highest BCUT2D eigenvalue weighted by molar-refractivity contribution is 7.92. The number of carbonyl (C=O) groups is 4. The predicted molar refractivity (Wildman–Crippen MR) is 153 cm³/mol. The van der Waals surface area contributed by atoms with E-state index in [4.69, 9.17) is 14.2 Å². The highest BCUT2D eigenvalue weighted by atomic mass is 32.2. The van der Waals surface area contributed by atoms with Crippen molar-refractivity contribution >= 4 is 71.5 Å². The number of fused-ring (bicyclic) bond motifs is 2. The van der Waals surface area contributed by atoms with E-state index in [9.17, 15) is 27.6 Å². The van der Waals surface area contributed by atoms with Gasteiger partial charge in [0.2, 0.25) is 5.91 Å². The number of carbonyl (C=O) groups excluding carboxylic acids is 4. The smallest absolute Gasteiger partial charge is 0.341 e. The van der Waals surface area contributed by atoms with Gasteiger partial charge in [0.05, 0.1) is 36.6 Å². The van der Waals surface area contributed by atoms with Crippen LogP contribution in [0.15, 0.2) is 23.2 Å². The summed E-state index contributed by atoms with van der Waals surface area (Å²) in [5.74, 6) is -4.50. The maximum Gasteiger partial charge on any atom is 0.341 e. The number of anilines is 1. The Morgan fingerprint density at radius 1 is 1.07 bits per heavy atom. The van der Waals surface area contributed by atoms with Gasteiger partial charge in [-0.25, -0.2) is 13.2 Å². The molecule has 3 aromatic rings. The molecule has 1 aliphatic rings. The van der Waals surface area contributed by atoms with Crippen molar-refractivity contribution in [3.05, 3.63) is 39.0 Å². The minimum Gasteiger partial charge on any atom is -0.497 e. The van der Waals surface area contributed by atoms with Gasteiger partial charge < -0.3 is 24.1 Å². The molecule has 2 amide bonds. The van der Waals surface area contributed by atoms with Crippen molar-refractivity contribution < 1.29 is 41.8 Å². The lowest BCUT2D eigenvalue weighted by Gasteiger charge is -2.11. The number of hydrogen-bond donors (Lipinski definition) is 1. The van der Waals surface area contributed by atoms with Crippen molar-refractivity contribution in [1.82, 2.24) is 4.57 Å². The van der Waals surface area contributed by atoms with E-state index in [1.807, 2.05) is 0 Å². The number of benzene rings is 1. The monoisotopic (exact) mass is 623 g/mol. The van der Waals surface area contributed by atoms with Crippen LogP contribution in [0, 0.1) is 0 Å². The highest BCUT2D eigenvalue weighted by Gasteiger charge is 2.28. The van der Waals surface area contributed by atoms with Crippen molar-refractivity contribution in [3.63, 3.8) is 0 Å². The van der Waals surface area contributed by atoms with Gasteiger partial charge in [-0.05, 0) is 56.4 Å². The van der Waals surface area contributed by atoms with Crippen LogP contribution in [0.4, 0.5) is 5.00 Å². The first-order chi connectivity index (χ1) is 19.5. The molecular formula is C26H29N3O9S3. The van der Waals surface area contributed by atoms with Gasteiger partial charge in [-0.1, -0.05) is 11.3 Å². The Morgan fingerprint density at radius 2 is 1.83 bits per heavy atom. The highest BCUT2D eigenvalue weighted by Crippen LogP contribution is 2.38. The second kappa shape index (κ2) is 13.0. The zero-order valence-corrected chi connectivity index (χ0v) is 25.1. The second-order valence-electron chi connectivity index (χ2n) is 9.10. The molecule has 15 heteroatoms. The molecule has 220 valence electrons. The molecule has 0 unspecified atom stereocenters. The van der Waals surface area contributed by atoms with Gasteiger partial charge in [-0.2, -0.15) is 4.99 Å². The number of hydrogen-bond acceptors (Lipinski definition) is 11. The van der Waals surface area contributed by atoms with Crippen LogP contribution >= 0.6 is 22.7 Å². The summed E-state index contributed by atoms with van der Waals surface area (Å²) in [6, 6.07) is 5.08. The van der Waals surface area contributed by atoms with E-state index in [1.165, 1.54) is 30.1 Å². The first-order valence-electron chi connectivity index (χ1n) is 12.7. The average Bonchev–Trinajstić information content (AvgIpc) is 3.44. The lowest BCUT2D eigenvalue weighted by Crippen LogP contribution is -2.29. The van der Waals surface area contributed by atoms with Crippen molar-refractivity contribution in [2.75, 3.05) is 37.6 Å². The number of amides is 2. The fourth-order valence-electron chi connectivity index (χ4n) is 4.47. The summed E-state index contributed by atoms with van der Waals surface area (Å²) in [5, 5.41) is 2.76. The summed E-state index contributed by atoms with van der Waals surface area (Å²) in [6.45, 7) is 1.59. The summed E-state index contributed by atoms with van der Waals surface area (Å²) in [5.41, 5.74) is 1.64. The summed E-state index contributed by atoms with van der Waals surface area (Å²) < 4.78 is 42.8. The Kier molecular flexibility index (Phi) is 9.60. The van der Waals surface area contributed by atoms with Crippen molar-refractivity contribution in [2.45, 2.75) is 39.2 Å². The lowest BCUT2D eigenvalue weighted by atomic mass is 9.95. The molecule has 4 rings (SSSR count). The molecule has 2 aromatic heterocycles. The average molecular weight is 624 g/mol. The van der Waals surface area contributed by atoms with Crippen LogP contribution in [-0.2, 0) is 53.1 Å². The van der Waals surface area contributed by atoms with Crippen LogP contribution in [0.25, 0.3) is 10.2 Å². The van der Waals surface area contributed by atoms with Gasteiger partial charge in [-0.3, -0.25) is 14.4 Å². The number of ether oxygens (including phenoxy) is 3. The number of methoxy groups -OCH3 is 2. The number of nitrogens with zero attached hydrogens (tertiary/aromatic N) is 2. The predicted octanol–water partition coefficient (Wildman–Crippen LogP) is 2.48. The molecule has 2 heterocycles. The largest absolute Gasteiger partial charge is 0.497 e. The molecule has 41 heavy (non-hydrogen) atoms. The lowest BCUT2D eigenvalue weighted by molar-refractivity contribution is -0.143. The van der Waals surface area contributed by atoms with E-state index < -0.39 is 45.1 Å². The Morgan fingerprint density at radius 3 is 2.54 bits per heavy atom. The topological polar surface area (TPSA) is 159 Å². The molecule has 1 aromatic carbocycles. The summed E-state index contributed by atoms with van der Waals surface area (Å²) >= 11 is 2.30. The van der Waals surface area contributed by atoms with Crippen molar-refractivity contribution in [3.8, 4) is 5.75 Å². The molecule has 12 nitrogen and oxygen atoms in total. The fourth-order valence-corrected chi connectivity index (χ4v) is 7.85. The number of thiazole rings is 1. The minimum absolute atomic E-state index is 0.0952. The molecule has 1 aliphatic carbocycles. The Balaban J connectivity index is 1.53. The maximum absolute atomic E-state index is 12.8. The van der Waals surface area contributed by atoms with E-state index in [2.05, 4.69) is 10.3 Å². The summed E-state index contributed by atoms with van der Waals surface area (Å²) in [7, 11) is -1.49. The van der Waals surface area contributed by atoms with Gasteiger partial charge in [0.25, 0.3) is 5.91 Å². The quantitative estimate of drug-likeness (QED) is 0.335. The van der Waals surface area contributed by atoms with E-state index in [0.29, 0.717) is 22.4 Å². The first kappa shape index (κ1) is 30.4.